The number of carbonyl (C=O) groups excluding carboxylic acids is 1. The van der Waals surface area contributed by atoms with E-state index < -0.39 is 0 Å². The van der Waals surface area contributed by atoms with E-state index in [4.69, 9.17) is 0 Å². The molecule has 2 aromatic heterocycles. The maximum Gasteiger partial charge on any atom is 0.232 e. The van der Waals surface area contributed by atoms with Crippen LogP contribution in [0.2, 0.25) is 0 Å². The van der Waals surface area contributed by atoms with Crippen LogP contribution in [0.15, 0.2) is 59.9 Å². The lowest BCUT2D eigenvalue weighted by atomic mass is 10.2. The topological polar surface area (TPSA) is 38.1 Å². The van der Waals surface area contributed by atoms with Crippen LogP contribution in [-0.4, -0.2) is 39.7 Å². The molecule has 0 saturated carbocycles. The second kappa shape index (κ2) is 8.90. The molecule has 4 nitrogen and oxygen atoms in total. The number of aromatic nitrogens is 2. The van der Waals surface area contributed by atoms with Gasteiger partial charge in [-0.05, 0) is 24.1 Å². The van der Waals surface area contributed by atoms with Gasteiger partial charge >= 0.3 is 0 Å². The Morgan fingerprint density at radius 1 is 1.19 bits per heavy atom. The lowest BCUT2D eigenvalue weighted by Gasteiger charge is -2.16. The number of thioether (sulfide) groups is 1. The Hall–Kier alpha value is -2.27. The molecule has 0 N–H and O–H groups in total. The summed E-state index contributed by atoms with van der Waals surface area (Å²) >= 11 is 1.52. The highest BCUT2D eigenvalue weighted by Gasteiger charge is 2.12. The number of rotatable bonds is 8. The third-order valence-corrected chi connectivity index (χ3v) is 5.45. The maximum absolute atomic E-state index is 12.3. The van der Waals surface area contributed by atoms with Crippen LogP contribution in [0.25, 0.3) is 10.9 Å². The van der Waals surface area contributed by atoms with Gasteiger partial charge in [0.15, 0.2) is 0 Å². The minimum atomic E-state index is 0.158. The Bertz CT molecular complexity index is 860. The molecule has 0 aliphatic rings. The Labute approximate surface area is 159 Å². The summed E-state index contributed by atoms with van der Waals surface area (Å²) < 4.78 is 2.23. The molecule has 0 aliphatic carbocycles. The molecule has 3 rings (SSSR count). The molecule has 0 unspecified atom stereocenters. The number of nitrogens with zero attached hydrogens (tertiary/aromatic N) is 3. The quantitative estimate of drug-likeness (QED) is 0.553. The highest BCUT2D eigenvalue weighted by atomic mass is 32.2. The Balaban J connectivity index is 1.71. The van der Waals surface area contributed by atoms with Gasteiger partial charge in [0.1, 0.15) is 5.03 Å². The van der Waals surface area contributed by atoms with E-state index in [2.05, 4.69) is 53.0 Å². The second-order valence-corrected chi connectivity index (χ2v) is 7.40. The zero-order valence-electron chi connectivity index (χ0n) is 15.4. The van der Waals surface area contributed by atoms with E-state index in [1.165, 1.54) is 17.3 Å². The van der Waals surface area contributed by atoms with E-state index in [1.807, 2.05) is 30.3 Å². The minimum absolute atomic E-state index is 0.158. The van der Waals surface area contributed by atoms with Crippen molar-refractivity contribution < 1.29 is 4.79 Å². The van der Waals surface area contributed by atoms with Gasteiger partial charge < -0.3 is 9.47 Å². The van der Waals surface area contributed by atoms with Crippen molar-refractivity contribution in [2.24, 2.45) is 0 Å². The lowest BCUT2D eigenvalue weighted by molar-refractivity contribution is -0.127. The van der Waals surface area contributed by atoms with Crippen LogP contribution in [0.4, 0.5) is 0 Å². The smallest absolute Gasteiger partial charge is 0.232 e. The summed E-state index contributed by atoms with van der Waals surface area (Å²) in [5.41, 5.74) is 2.42. The van der Waals surface area contributed by atoms with Gasteiger partial charge in [0.25, 0.3) is 0 Å². The average Bonchev–Trinajstić information content (AvgIpc) is 3.08. The fourth-order valence-corrected chi connectivity index (χ4v) is 3.83. The van der Waals surface area contributed by atoms with Crippen LogP contribution in [0.3, 0.4) is 0 Å². The van der Waals surface area contributed by atoms with Crippen molar-refractivity contribution >= 4 is 28.6 Å². The molecule has 0 bridgehead atoms. The molecule has 26 heavy (non-hydrogen) atoms. The Kier molecular flexibility index (Phi) is 6.34. The summed E-state index contributed by atoms with van der Waals surface area (Å²) in [5.74, 6) is 0.585. The molecule has 0 atom stereocenters. The zero-order valence-corrected chi connectivity index (χ0v) is 16.2. The standard InChI is InChI=1S/C21H25N3OS/c1-3-4-13-23(2)20(25)16-26-21-18-11-14-24(19(18)10-12-22-21)15-17-8-6-5-7-9-17/h5-12,14H,3-4,13,15-16H2,1-2H3. The maximum atomic E-state index is 12.3. The largest absolute Gasteiger partial charge is 0.345 e. The summed E-state index contributed by atoms with van der Waals surface area (Å²) in [6, 6.07) is 14.6. The molecule has 1 amide bonds. The predicted molar refractivity (Wildman–Crippen MR) is 109 cm³/mol. The first-order valence-electron chi connectivity index (χ1n) is 9.03. The van der Waals surface area contributed by atoms with Gasteiger partial charge in [0.05, 0.1) is 11.3 Å². The van der Waals surface area contributed by atoms with Crippen molar-refractivity contribution in [3.63, 3.8) is 0 Å². The van der Waals surface area contributed by atoms with Crippen LogP contribution in [0.5, 0.6) is 0 Å². The molecule has 3 aromatic rings. The van der Waals surface area contributed by atoms with Crippen LogP contribution in [0, 0.1) is 0 Å². The molecule has 0 saturated heterocycles. The summed E-state index contributed by atoms with van der Waals surface area (Å²) in [6.07, 6.45) is 6.07. The van der Waals surface area contributed by atoms with E-state index >= 15 is 0 Å². The van der Waals surface area contributed by atoms with Gasteiger partial charge in [-0.2, -0.15) is 0 Å². The molecule has 0 radical (unpaired) electrons. The zero-order chi connectivity index (χ0) is 18.4. The van der Waals surface area contributed by atoms with E-state index in [9.17, 15) is 4.79 Å². The second-order valence-electron chi connectivity index (χ2n) is 6.44. The van der Waals surface area contributed by atoms with E-state index in [-0.39, 0.29) is 5.91 Å². The highest BCUT2D eigenvalue weighted by Crippen LogP contribution is 2.27. The molecule has 136 valence electrons. The third kappa shape index (κ3) is 4.47. The van der Waals surface area contributed by atoms with Crippen LogP contribution in [-0.2, 0) is 11.3 Å². The number of benzene rings is 1. The van der Waals surface area contributed by atoms with Crippen molar-refractivity contribution in [3.8, 4) is 0 Å². The van der Waals surface area contributed by atoms with Gasteiger partial charge in [-0.1, -0.05) is 55.4 Å². The first-order chi connectivity index (χ1) is 12.7. The van der Waals surface area contributed by atoms with Crippen molar-refractivity contribution in [2.45, 2.75) is 31.3 Å². The fraction of sp³-hybridized carbons (Fsp3) is 0.333. The van der Waals surface area contributed by atoms with Gasteiger partial charge in [-0.15, -0.1) is 0 Å². The third-order valence-electron chi connectivity index (χ3n) is 4.46. The summed E-state index contributed by atoms with van der Waals surface area (Å²) in [5, 5.41) is 2.03. The predicted octanol–water partition coefficient (Wildman–Crippen LogP) is 4.44. The summed E-state index contributed by atoms with van der Waals surface area (Å²) in [7, 11) is 1.88. The van der Waals surface area contributed by atoms with Crippen molar-refractivity contribution in [2.75, 3.05) is 19.3 Å². The molecule has 5 heteroatoms. The molecule has 0 spiro atoms. The van der Waals surface area contributed by atoms with Crippen molar-refractivity contribution in [1.82, 2.24) is 14.5 Å². The molecule has 0 aliphatic heterocycles. The van der Waals surface area contributed by atoms with E-state index in [0.29, 0.717) is 5.75 Å². The van der Waals surface area contributed by atoms with Crippen LogP contribution >= 0.6 is 11.8 Å². The monoisotopic (exact) mass is 367 g/mol. The molecular formula is C21H25N3OS. The van der Waals surface area contributed by atoms with Gasteiger partial charge in [0, 0.05) is 37.9 Å². The number of fused-ring (bicyclic) bond motifs is 1. The number of unbranched alkanes of at least 4 members (excludes halogenated alkanes) is 1. The Morgan fingerprint density at radius 3 is 2.77 bits per heavy atom. The minimum Gasteiger partial charge on any atom is -0.345 e. The van der Waals surface area contributed by atoms with E-state index in [0.717, 1.165) is 41.9 Å². The number of carbonyl (C=O) groups is 1. The number of hydrogen-bond acceptors (Lipinski definition) is 3. The van der Waals surface area contributed by atoms with Crippen LogP contribution in [0.1, 0.15) is 25.3 Å². The lowest BCUT2D eigenvalue weighted by Crippen LogP contribution is -2.29. The average molecular weight is 368 g/mol. The number of pyridine rings is 1. The Morgan fingerprint density at radius 2 is 2.00 bits per heavy atom. The van der Waals surface area contributed by atoms with Crippen LogP contribution < -0.4 is 0 Å². The van der Waals surface area contributed by atoms with Gasteiger partial charge in [-0.25, -0.2) is 4.98 Å². The highest BCUT2D eigenvalue weighted by molar-refractivity contribution is 8.00. The number of hydrogen-bond donors (Lipinski definition) is 0. The fourth-order valence-electron chi connectivity index (χ4n) is 2.89. The molecular weight excluding hydrogens is 342 g/mol. The number of amides is 1. The first kappa shape index (κ1) is 18.5. The van der Waals surface area contributed by atoms with E-state index in [1.54, 1.807) is 0 Å². The van der Waals surface area contributed by atoms with Gasteiger partial charge in [-0.3, -0.25) is 4.79 Å². The molecule has 0 fully saturated rings. The van der Waals surface area contributed by atoms with Crippen molar-refractivity contribution in [1.29, 1.82) is 0 Å². The molecule has 2 heterocycles. The molecule has 1 aromatic carbocycles. The van der Waals surface area contributed by atoms with Gasteiger partial charge in [0.2, 0.25) is 5.91 Å². The summed E-state index contributed by atoms with van der Waals surface area (Å²) in [6.45, 7) is 3.79. The van der Waals surface area contributed by atoms with Crippen molar-refractivity contribution in [3.05, 3.63) is 60.4 Å². The first-order valence-corrected chi connectivity index (χ1v) is 10.0. The normalized spacial score (nSPS) is 11.0. The SMILES string of the molecule is CCCCN(C)C(=O)CSc1nccc2c1ccn2Cc1ccccc1. The summed E-state index contributed by atoms with van der Waals surface area (Å²) in [4.78, 5) is 18.6.